The number of nitrogens with one attached hydrogen (secondary N) is 2. The van der Waals surface area contributed by atoms with Crippen LogP contribution in [0.5, 0.6) is 0 Å². The van der Waals surface area contributed by atoms with Crippen molar-refractivity contribution in [2.24, 2.45) is 0 Å². The van der Waals surface area contributed by atoms with Crippen molar-refractivity contribution in [3.8, 4) is 0 Å². The lowest BCUT2D eigenvalue weighted by molar-refractivity contribution is 0.648. The van der Waals surface area contributed by atoms with Crippen molar-refractivity contribution < 1.29 is 0 Å². The average molecular weight is 230 g/mol. The maximum atomic E-state index is 3.62. The van der Waals surface area contributed by atoms with Gasteiger partial charge >= 0.3 is 0 Å². The van der Waals surface area contributed by atoms with Crippen LogP contribution >= 0.6 is 0 Å². The molecular formula is C15H22N2. The molecule has 0 amide bonds. The molecule has 0 aromatic heterocycles. The van der Waals surface area contributed by atoms with E-state index in [2.05, 4.69) is 29.7 Å². The molecule has 1 heterocycles. The van der Waals surface area contributed by atoms with Gasteiger partial charge in [-0.2, -0.15) is 0 Å². The monoisotopic (exact) mass is 230 g/mol. The lowest BCUT2D eigenvalue weighted by atomic mass is 9.97. The van der Waals surface area contributed by atoms with Crippen LogP contribution in [0.1, 0.15) is 48.9 Å². The van der Waals surface area contributed by atoms with E-state index in [9.17, 15) is 0 Å². The van der Waals surface area contributed by atoms with Crippen molar-refractivity contribution in [2.75, 3.05) is 18.4 Å². The summed E-state index contributed by atoms with van der Waals surface area (Å²) in [6.07, 6.45) is 6.49. The van der Waals surface area contributed by atoms with E-state index >= 15 is 0 Å². The second-order valence-corrected chi connectivity index (χ2v) is 5.24. The second-order valence-electron chi connectivity index (χ2n) is 5.24. The van der Waals surface area contributed by atoms with Crippen LogP contribution in [0, 0.1) is 0 Å². The molecule has 92 valence electrons. The number of hydrogen-bond acceptors (Lipinski definition) is 2. The molecular weight excluding hydrogens is 208 g/mol. The van der Waals surface area contributed by atoms with Crippen LogP contribution < -0.4 is 10.6 Å². The Morgan fingerprint density at radius 3 is 2.76 bits per heavy atom. The standard InChI is InChI=1S/C15H22N2/c1-2-16-15-10-12-6-3-5-11(12)9-13(15)14-7-4-8-17-14/h9-10,14,16-17H,2-8H2,1H3/t14-/m1/s1. The number of aryl methyl sites for hydroxylation is 2. The lowest BCUT2D eigenvalue weighted by Crippen LogP contribution is -2.15. The minimum Gasteiger partial charge on any atom is -0.385 e. The summed E-state index contributed by atoms with van der Waals surface area (Å²) < 4.78 is 0. The van der Waals surface area contributed by atoms with Gasteiger partial charge in [0.2, 0.25) is 0 Å². The summed E-state index contributed by atoms with van der Waals surface area (Å²) in [6, 6.07) is 5.44. The topological polar surface area (TPSA) is 24.1 Å². The van der Waals surface area contributed by atoms with Gasteiger partial charge in [0, 0.05) is 18.3 Å². The minimum atomic E-state index is 0.579. The van der Waals surface area contributed by atoms with E-state index in [0.717, 1.165) is 6.54 Å². The molecule has 1 aliphatic carbocycles. The molecule has 2 N–H and O–H groups in total. The molecule has 1 aromatic rings. The fourth-order valence-electron chi connectivity index (χ4n) is 3.23. The van der Waals surface area contributed by atoms with E-state index in [1.165, 1.54) is 49.9 Å². The zero-order valence-corrected chi connectivity index (χ0v) is 10.7. The van der Waals surface area contributed by atoms with Crippen molar-refractivity contribution in [1.82, 2.24) is 5.32 Å². The van der Waals surface area contributed by atoms with Gasteiger partial charge in [-0.25, -0.2) is 0 Å². The third kappa shape index (κ3) is 2.06. The summed E-state index contributed by atoms with van der Waals surface area (Å²) in [5, 5.41) is 7.17. The molecule has 1 fully saturated rings. The molecule has 17 heavy (non-hydrogen) atoms. The van der Waals surface area contributed by atoms with Gasteiger partial charge < -0.3 is 10.6 Å². The van der Waals surface area contributed by atoms with E-state index in [1.54, 1.807) is 11.1 Å². The van der Waals surface area contributed by atoms with Crippen LogP contribution in [0.2, 0.25) is 0 Å². The first-order valence-electron chi connectivity index (χ1n) is 7.01. The Bertz CT molecular complexity index is 406. The molecule has 0 saturated carbocycles. The van der Waals surface area contributed by atoms with Crippen molar-refractivity contribution in [3.05, 3.63) is 28.8 Å². The van der Waals surface area contributed by atoms with Gasteiger partial charge in [0.25, 0.3) is 0 Å². The number of benzene rings is 1. The number of anilines is 1. The van der Waals surface area contributed by atoms with Crippen LogP contribution in [0.4, 0.5) is 5.69 Å². The summed E-state index contributed by atoms with van der Waals surface area (Å²) in [4.78, 5) is 0. The van der Waals surface area contributed by atoms with Gasteiger partial charge in [0.15, 0.2) is 0 Å². The highest BCUT2D eigenvalue weighted by atomic mass is 15.0. The van der Waals surface area contributed by atoms with Gasteiger partial charge in [-0.1, -0.05) is 6.07 Å². The Balaban J connectivity index is 1.98. The maximum absolute atomic E-state index is 3.62. The third-order valence-electron chi connectivity index (χ3n) is 4.07. The summed E-state index contributed by atoms with van der Waals surface area (Å²) in [7, 11) is 0. The number of fused-ring (bicyclic) bond motifs is 1. The van der Waals surface area contributed by atoms with Crippen molar-refractivity contribution in [3.63, 3.8) is 0 Å². The smallest absolute Gasteiger partial charge is 0.0391 e. The summed E-state index contributed by atoms with van der Waals surface area (Å²) in [5.74, 6) is 0. The molecule has 0 unspecified atom stereocenters. The Labute approximate surface area is 104 Å². The predicted molar refractivity (Wildman–Crippen MR) is 72.6 cm³/mol. The molecule has 3 rings (SSSR count). The van der Waals surface area contributed by atoms with Crippen LogP contribution in [-0.2, 0) is 12.8 Å². The SMILES string of the molecule is CCNc1cc2c(cc1[C@H]1CCCN1)CCC2. The quantitative estimate of drug-likeness (QED) is 0.834. The van der Waals surface area contributed by atoms with Crippen molar-refractivity contribution in [2.45, 2.75) is 45.1 Å². The molecule has 1 atom stereocenters. The molecule has 1 saturated heterocycles. The first-order valence-corrected chi connectivity index (χ1v) is 7.01. The lowest BCUT2D eigenvalue weighted by Gasteiger charge is -2.18. The van der Waals surface area contributed by atoms with Gasteiger partial charge in [-0.05, 0) is 68.3 Å². The average Bonchev–Trinajstić information content (AvgIpc) is 2.98. The largest absolute Gasteiger partial charge is 0.385 e. The third-order valence-corrected chi connectivity index (χ3v) is 4.07. The minimum absolute atomic E-state index is 0.579. The van der Waals surface area contributed by atoms with Gasteiger partial charge in [-0.15, -0.1) is 0 Å². The zero-order valence-electron chi connectivity index (χ0n) is 10.7. The second kappa shape index (κ2) is 4.69. The van der Waals surface area contributed by atoms with E-state index in [0.29, 0.717) is 6.04 Å². The Morgan fingerprint density at radius 1 is 1.24 bits per heavy atom. The van der Waals surface area contributed by atoms with Gasteiger partial charge in [-0.3, -0.25) is 0 Å². The first kappa shape index (κ1) is 11.1. The first-order chi connectivity index (χ1) is 8.38. The van der Waals surface area contributed by atoms with Crippen LogP contribution in [0.15, 0.2) is 12.1 Å². The fraction of sp³-hybridized carbons (Fsp3) is 0.600. The molecule has 0 bridgehead atoms. The highest BCUT2D eigenvalue weighted by Gasteiger charge is 2.22. The normalized spacial score (nSPS) is 22.8. The zero-order chi connectivity index (χ0) is 11.7. The molecule has 0 radical (unpaired) electrons. The van der Waals surface area contributed by atoms with E-state index < -0.39 is 0 Å². The molecule has 2 nitrogen and oxygen atoms in total. The molecule has 2 aliphatic rings. The van der Waals surface area contributed by atoms with Gasteiger partial charge in [0.1, 0.15) is 0 Å². The number of rotatable bonds is 3. The fourth-order valence-corrected chi connectivity index (χ4v) is 3.23. The molecule has 0 spiro atoms. The van der Waals surface area contributed by atoms with Crippen LogP contribution in [-0.4, -0.2) is 13.1 Å². The Hall–Kier alpha value is -1.02. The molecule has 2 heteroatoms. The maximum Gasteiger partial charge on any atom is 0.0391 e. The van der Waals surface area contributed by atoms with E-state index in [1.807, 2.05) is 0 Å². The Kier molecular flexibility index (Phi) is 3.06. The van der Waals surface area contributed by atoms with Crippen LogP contribution in [0.3, 0.4) is 0 Å². The summed E-state index contributed by atoms with van der Waals surface area (Å²) in [5.41, 5.74) is 6.04. The molecule has 1 aliphatic heterocycles. The highest BCUT2D eigenvalue weighted by Crippen LogP contribution is 2.34. The number of hydrogen-bond donors (Lipinski definition) is 2. The summed E-state index contributed by atoms with van der Waals surface area (Å²) >= 11 is 0. The van der Waals surface area contributed by atoms with Crippen LogP contribution in [0.25, 0.3) is 0 Å². The van der Waals surface area contributed by atoms with E-state index in [-0.39, 0.29) is 0 Å². The predicted octanol–water partition coefficient (Wildman–Crippen LogP) is 3.03. The Morgan fingerprint density at radius 2 is 2.06 bits per heavy atom. The van der Waals surface area contributed by atoms with Gasteiger partial charge in [0.05, 0.1) is 0 Å². The van der Waals surface area contributed by atoms with Crippen molar-refractivity contribution >= 4 is 5.69 Å². The highest BCUT2D eigenvalue weighted by molar-refractivity contribution is 5.58. The van der Waals surface area contributed by atoms with Crippen molar-refractivity contribution in [1.29, 1.82) is 0 Å². The van der Waals surface area contributed by atoms with E-state index in [4.69, 9.17) is 0 Å². The molecule has 1 aromatic carbocycles. The summed E-state index contributed by atoms with van der Waals surface area (Å²) in [6.45, 7) is 4.37.